The lowest BCUT2D eigenvalue weighted by molar-refractivity contribution is 0.242. The Morgan fingerprint density at radius 3 is 2.78 bits per heavy atom. The Morgan fingerprint density at radius 2 is 2.06 bits per heavy atom. The van der Waals surface area contributed by atoms with Crippen LogP contribution in [0, 0.1) is 0 Å². The van der Waals surface area contributed by atoms with Crippen molar-refractivity contribution in [3.8, 4) is 5.75 Å². The van der Waals surface area contributed by atoms with Gasteiger partial charge in [0.25, 0.3) is 0 Å². The predicted octanol–water partition coefficient (Wildman–Crippen LogP) is 2.86. The number of nitrogen functional groups attached to an aromatic ring is 1. The zero-order chi connectivity index (χ0) is 12.8. The molecule has 0 atom stereocenters. The highest BCUT2D eigenvalue weighted by atomic mass is 32.2. The third kappa shape index (κ3) is 3.82. The highest BCUT2D eigenvalue weighted by molar-refractivity contribution is 7.99. The largest absolute Gasteiger partial charge is 0.495 e. The maximum absolute atomic E-state index is 5.80. The second kappa shape index (κ2) is 6.90. The summed E-state index contributed by atoms with van der Waals surface area (Å²) in [5.74, 6) is 1.91. The Hall–Kier alpha value is -0.870. The van der Waals surface area contributed by atoms with Gasteiger partial charge in [0.15, 0.2) is 0 Å². The Balaban J connectivity index is 1.79. The minimum absolute atomic E-state index is 0.706. The number of piperidine rings is 1. The van der Waals surface area contributed by atoms with Crippen LogP contribution >= 0.6 is 11.8 Å². The van der Waals surface area contributed by atoms with Crippen LogP contribution in [-0.2, 0) is 0 Å². The maximum Gasteiger partial charge on any atom is 0.142 e. The third-order valence-corrected chi connectivity index (χ3v) is 4.30. The fourth-order valence-electron chi connectivity index (χ4n) is 2.26. The second-order valence-electron chi connectivity index (χ2n) is 4.65. The molecule has 0 aromatic heterocycles. The summed E-state index contributed by atoms with van der Waals surface area (Å²) < 4.78 is 5.23. The number of thioether (sulfide) groups is 1. The minimum Gasteiger partial charge on any atom is -0.495 e. The van der Waals surface area contributed by atoms with Crippen molar-refractivity contribution in [1.29, 1.82) is 0 Å². The molecule has 18 heavy (non-hydrogen) atoms. The van der Waals surface area contributed by atoms with Crippen LogP contribution in [-0.4, -0.2) is 37.4 Å². The van der Waals surface area contributed by atoms with Crippen molar-refractivity contribution >= 4 is 17.4 Å². The van der Waals surface area contributed by atoms with E-state index in [4.69, 9.17) is 10.5 Å². The lowest BCUT2D eigenvalue weighted by Gasteiger charge is -2.26. The first-order valence-corrected chi connectivity index (χ1v) is 7.57. The van der Waals surface area contributed by atoms with Gasteiger partial charge < -0.3 is 15.4 Å². The molecule has 0 saturated carbocycles. The zero-order valence-corrected chi connectivity index (χ0v) is 11.8. The monoisotopic (exact) mass is 266 g/mol. The molecule has 1 aromatic carbocycles. The molecule has 1 aliphatic rings. The maximum atomic E-state index is 5.80. The van der Waals surface area contributed by atoms with Crippen molar-refractivity contribution in [2.24, 2.45) is 0 Å². The molecule has 1 fully saturated rings. The van der Waals surface area contributed by atoms with Gasteiger partial charge in [0.1, 0.15) is 5.75 Å². The molecule has 4 heteroatoms. The molecular formula is C14H22N2OS. The van der Waals surface area contributed by atoms with Crippen LogP contribution in [0.15, 0.2) is 23.1 Å². The van der Waals surface area contributed by atoms with Gasteiger partial charge in [-0.25, -0.2) is 0 Å². The predicted molar refractivity (Wildman–Crippen MR) is 78.4 cm³/mol. The van der Waals surface area contributed by atoms with Crippen LogP contribution in [0.3, 0.4) is 0 Å². The van der Waals surface area contributed by atoms with E-state index in [1.807, 2.05) is 23.9 Å². The fraction of sp³-hybridized carbons (Fsp3) is 0.571. The SMILES string of the molecule is COc1cc(SCCN2CCCCC2)ccc1N. The number of benzene rings is 1. The molecule has 0 unspecified atom stereocenters. The fourth-order valence-corrected chi connectivity index (χ4v) is 3.20. The summed E-state index contributed by atoms with van der Waals surface area (Å²) in [4.78, 5) is 3.79. The van der Waals surface area contributed by atoms with E-state index < -0.39 is 0 Å². The van der Waals surface area contributed by atoms with Crippen molar-refractivity contribution in [1.82, 2.24) is 4.90 Å². The molecule has 2 N–H and O–H groups in total. The quantitative estimate of drug-likeness (QED) is 0.657. The molecule has 1 saturated heterocycles. The van der Waals surface area contributed by atoms with Gasteiger partial charge in [-0.3, -0.25) is 0 Å². The number of ether oxygens (including phenoxy) is 1. The molecule has 1 heterocycles. The number of anilines is 1. The molecule has 0 amide bonds. The summed E-state index contributed by atoms with van der Waals surface area (Å²) in [6.45, 7) is 3.72. The first-order chi connectivity index (χ1) is 8.79. The zero-order valence-electron chi connectivity index (χ0n) is 11.0. The molecule has 1 aliphatic heterocycles. The average Bonchev–Trinajstić information content (AvgIpc) is 2.42. The molecular weight excluding hydrogens is 244 g/mol. The van der Waals surface area contributed by atoms with Crippen molar-refractivity contribution < 1.29 is 4.74 Å². The number of methoxy groups -OCH3 is 1. The number of nitrogens with two attached hydrogens (primary N) is 1. The first-order valence-electron chi connectivity index (χ1n) is 6.58. The van der Waals surface area contributed by atoms with Crippen LogP contribution in [0.2, 0.25) is 0 Å². The summed E-state index contributed by atoms with van der Waals surface area (Å²) >= 11 is 1.88. The second-order valence-corrected chi connectivity index (χ2v) is 5.82. The first kappa shape index (κ1) is 13.6. The van der Waals surface area contributed by atoms with Crippen molar-refractivity contribution in [2.45, 2.75) is 24.2 Å². The van der Waals surface area contributed by atoms with Crippen LogP contribution in [0.1, 0.15) is 19.3 Å². The molecule has 3 nitrogen and oxygen atoms in total. The van der Waals surface area contributed by atoms with Crippen LogP contribution in [0.25, 0.3) is 0 Å². The summed E-state index contributed by atoms with van der Waals surface area (Å²) in [7, 11) is 1.66. The summed E-state index contributed by atoms with van der Waals surface area (Å²) in [5.41, 5.74) is 6.51. The summed E-state index contributed by atoms with van der Waals surface area (Å²) in [6, 6.07) is 6.01. The third-order valence-electron chi connectivity index (χ3n) is 3.33. The average molecular weight is 266 g/mol. The van der Waals surface area contributed by atoms with Gasteiger partial charge in [0.2, 0.25) is 0 Å². The number of likely N-dealkylation sites (tertiary alicyclic amines) is 1. The van der Waals surface area contributed by atoms with E-state index in [9.17, 15) is 0 Å². The molecule has 1 aromatic rings. The van der Waals surface area contributed by atoms with Gasteiger partial charge in [0, 0.05) is 17.2 Å². The van der Waals surface area contributed by atoms with E-state index in [1.54, 1.807) is 7.11 Å². The van der Waals surface area contributed by atoms with E-state index in [2.05, 4.69) is 11.0 Å². The van der Waals surface area contributed by atoms with Gasteiger partial charge in [-0.05, 0) is 44.1 Å². The Morgan fingerprint density at radius 1 is 1.28 bits per heavy atom. The Kier molecular flexibility index (Phi) is 5.20. The molecule has 100 valence electrons. The van der Waals surface area contributed by atoms with E-state index in [-0.39, 0.29) is 0 Å². The van der Waals surface area contributed by atoms with Gasteiger partial charge in [0.05, 0.1) is 12.8 Å². The van der Waals surface area contributed by atoms with E-state index in [0.29, 0.717) is 5.69 Å². The van der Waals surface area contributed by atoms with Gasteiger partial charge in [-0.1, -0.05) is 6.42 Å². The van der Waals surface area contributed by atoms with E-state index >= 15 is 0 Å². The Bertz CT molecular complexity index is 378. The standard InChI is InChI=1S/C14H22N2OS/c1-17-14-11-12(5-6-13(14)15)18-10-9-16-7-3-2-4-8-16/h5-6,11H,2-4,7-10,15H2,1H3. The van der Waals surface area contributed by atoms with E-state index in [1.165, 1.54) is 43.8 Å². The highest BCUT2D eigenvalue weighted by Crippen LogP contribution is 2.28. The van der Waals surface area contributed by atoms with Gasteiger partial charge >= 0.3 is 0 Å². The summed E-state index contributed by atoms with van der Waals surface area (Å²) in [6.07, 6.45) is 4.12. The van der Waals surface area contributed by atoms with Crippen molar-refractivity contribution in [3.05, 3.63) is 18.2 Å². The number of hydrogen-bond donors (Lipinski definition) is 1. The molecule has 2 rings (SSSR count). The lowest BCUT2D eigenvalue weighted by atomic mass is 10.1. The number of hydrogen-bond acceptors (Lipinski definition) is 4. The number of rotatable bonds is 5. The van der Waals surface area contributed by atoms with Crippen molar-refractivity contribution in [3.63, 3.8) is 0 Å². The summed E-state index contributed by atoms with van der Waals surface area (Å²) in [5, 5.41) is 0. The molecule has 0 aliphatic carbocycles. The van der Waals surface area contributed by atoms with Crippen LogP contribution in [0.4, 0.5) is 5.69 Å². The normalized spacial score (nSPS) is 16.7. The molecule has 0 radical (unpaired) electrons. The van der Waals surface area contributed by atoms with Crippen LogP contribution in [0.5, 0.6) is 5.75 Å². The highest BCUT2D eigenvalue weighted by Gasteiger charge is 2.09. The minimum atomic E-state index is 0.706. The topological polar surface area (TPSA) is 38.5 Å². The smallest absolute Gasteiger partial charge is 0.142 e. The van der Waals surface area contributed by atoms with Crippen molar-refractivity contribution in [2.75, 3.05) is 38.2 Å². The van der Waals surface area contributed by atoms with Gasteiger partial charge in [-0.15, -0.1) is 11.8 Å². The van der Waals surface area contributed by atoms with Gasteiger partial charge in [-0.2, -0.15) is 0 Å². The molecule has 0 bridgehead atoms. The molecule has 0 spiro atoms. The van der Waals surface area contributed by atoms with Crippen LogP contribution < -0.4 is 10.5 Å². The lowest BCUT2D eigenvalue weighted by Crippen LogP contribution is -2.31. The Labute approximate surface area is 114 Å². The number of nitrogens with zero attached hydrogens (tertiary/aromatic N) is 1. The van der Waals surface area contributed by atoms with E-state index in [0.717, 1.165) is 11.5 Å².